The van der Waals surface area contributed by atoms with Crippen LogP contribution in [0.25, 0.3) is 0 Å². The maximum absolute atomic E-state index is 5.79. The molecule has 0 aromatic heterocycles. The van der Waals surface area contributed by atoms with E-state index in [9.17, 15) is 0 Å². The molecule has 0 aliphatic heterocycles. The zero-order chi connectivity index (χ0) is 9.19. The van der Waals surface area contributed by atoms with Gasteiger partial charge in [0.05, 0.1) is 12.8 Å². The van der Waals surface area contributed by atoms with Crippen LogP contribution in [0.1, 0.15) is 13.8 Å². The van der Waals surface area contributed by atoms with Crippen molar-refractivity contribution in [1.82, 2.24) is 0 Å². The number of allylic oxidation sites excluding steroid dienone is 4. The van der Waals surface area contributed by atoms with Gasteiger partial charge >= 0.3 is 0 Å². The van der Waals surface area contributed by atoms with Crippen molar-refractivity contribution < 1.29 is 4.74 Å². The van der Waals surface area contributed by atoms with Crippen molar-refractivity contribution in [1.29, 1.82) is 0 Å². The van der Waals surface area contributed by atoms with E-state index >= 15 is 0 Å². The van der Waals surface area contributed by atoms with Crippen LogP contribution < -0.4 is 5.73 Å². The first-order chi connectivity index (χ1) is 5.55. The molecule has 1 aliphatic rings. The van der Waals surface area contributed by atoms with Crippen molar-refractivity contribution in [2.45, 2.75) is 13.8 Å². The third-order valence-corrected chi connectivity index (χ3v) is 1.81. The third kappa shape index (κ3) is 1.91. The Morgan fingerprint density at radius 3 is 2.67 bits per heavy atom. The molecule has 0 saturated carbocycles. The second-order valence-corrected chi connectivity index (χ2v) is 3.52. The van der Waals surface area contributed by atoms with Crippen LogP contribution in [0, 0.1) is 5.41 Å². The summed E-state index contributed by atoms with van der Waals surface area (Å²) in [5.41, 5.74) is 6.51. The van der Waals surface area contributed by atoms with E-state index in [1.165, 1.54) is 0 Å². The van der Waals surface area contributed by atoms with Gasteiger partial charge in [-0.15, -0.1) is 0 Å². The Morgan fingerprint density at radius 2 is 2.08 bits per heavy atom. The molecule has 0 amide bonds. The molecular formula is C10H15NO. The Balaban J connectivity index is 3.00. The summed E-state index contributed by atoms with van der Waals surface area (Å²) < 4.78 is 5.09. The highest BCUT2D eigenvalue weighted by Gasteiger charge is 2.14. The first-order valence-corrected chi connectivity index (χ1v) is 3.97. The van der Waals surface area contributed by atoms with E-state index < -0.39 is 0 Å². The van der Waals surface area contributed by atoms with Gasteiger partial charge in [-0.1, -0.05) is 26.0 Å². The third-order valence-electron chi connectivity index (χ3n) is 1.81. The first-order valence-electron chi connectivity index (χ1n) is 3.97. The fourth-order valence-electron chi connectivity index (χ4n) is 1.19. The molecule has 66 valence electrons. The summed E-state index contributed by atoms with van der Waals surface area (Å²) in [5, 5.41) is 0. The molecule has 0 atom stereocenters. The van der Waals surface area contributed by atoms with Crippen LogP contribution in [0.2, 0.25) is 0 Å². The number of ether oxygens (including phenoxy) is 1. The summed E-state index contributed by atoms with van der Waals surface area (Å²) in [6, 6.07) is 0. The van der Waals surface area contributed by atoms with E-state index in [0.717, 1.165) is 5.76 Å². The lowest BCUT2D eigenvalue weighted by molar-refractivity contribution is 0.299. The predicted molar refractivity (Wildman–Crippen MR) is 50.3 cm³/mol. The quantitative estimate of drug-likeness (QED) is 0.644. The van der Waals surface area contributed by atoms with Crippen molar-refractivity contribution in [2.75, 3.05) is 7.11 Å². The molecule has 0 bridgehead atoms. The van der Waals surface area contributed by atoms with E-state index in [-0.39, 0.29) is 5.41 Å². The zero-order valence-corrected chi connectivity index (χ0v) is 7.79. The normalized spacial score (nSPS) is 20.9. The van der Waals surface area contributed by atoms with Crippen LogP contribution in [-0.4, -0.2) is 7.11 Å². The smallest absolute Gasteiger partial charge is 0.141 e. The number of nitrogens with two attached hydrogens (primary N) is 1. The monoisotopic (exact) mass is 165 g/mol. The number of hydrogen-bond donors (Lipinski definition) is 1. The molecule has 0 fully saturated rings. The second-order valence-electron chi connectivity index (χ2n) is 3.52. The largest absolute Gasteiger partial charge is 0.495 e. The van der Waals surface area contributed by atoms with Crippen LogP contribution in [0.5, 0.6) is 0 Å². The highest BCUT2D eigenvalue weighted by molar-refractivity contribution is 5.33. The van der Waals surface area contributed by atoms with Crippen molar-refractivity contribution in [3.8, 4) is 0 Å². The van der Waals surface area contributed by atoms with Gasteiger partial charge < -0.3 is 10.5 Å². The van der Waals surface area contributed by atoms with Gasteiger partial charge in [-0.3, -0.25) is 0 Å². The van der Waals surface area contributed by atoms with Crippen molar-refractivity contribution in [2.24, 2.45) is 11.1 Å². The van der Waals surface area contributed by atoms with Gasteiger partial charge in [0.15, 0.2) is 0 Å². The molecule has 0 spiro atoms. The lowest BCUT2D eigenvalue weighted by Gasteiger charge is -2.14. The summed E-state index contributed by atoms with van der Waals surface area (Å²) in [7, 11) is 1.62. The summed E-state index contributed by atoms with van der Waals surface area (Å²) in [6.07, 6.45) is 7.92. The molecule has 1 aliphatic carbocycles. The minimum atomic E-state index is 0.0147. The number of hydrogen-bond acceptors (Lipinski definition) is 2. The molecule has 2 N–H and O–H groups in total. The maximum Gasteiger partial charge on any atom is 0.141 e. The lowest BCUT2D eigenvalue weighted by Crippen LogP contribution is -2.09. The van der Waals surface area contributed by atoms with E-state index in [1.807, 2.05) is 18.2 Å². The highest BCUT2D eigenvalue weighted by atomic mass is 16.5. The molecule has 0 aromatic rings. The van der Waals surface area contributed by atoms with Crippen LogP contribution in [0.3, 0.4) is 0 Å². The molecule has 0 radical (unpaired) electrons. The molecule has 0 unspecified atom stereocenters. The Hall–Kier alpha value is -1.18. The number of methoxy groups -OCH3 is 1. The van der Waals surface area contributed by atoms with Crippen molar-refractivity contribution in [3.63, 3.8) is 0 Å². The molecule has 2 heteroatoms. The fraction of sp³-hybridized carbons (Fsp3) is 0.400. The van der Waals surface area contributed by atoms with Gasteiger partial charge in [-0.2, -0.15) is 0 Å². The SMILES string of the molecule is COC1=CC=CC(C)(C)C=C1N. The van der Waals surface area contributed by atoms with Crippen LogP contribution in [0.4, 0.5) is 0 Å². The van der Waals surface area contributed by atoms with Crippen molar-refractivity contribution >= 4 is 0 Å². The summed E-state index contributed by atoms with van der Waals surface area (Å²) in [6.45, 7) is 4.20. The Bertz CT molecular complexity index is 259. The van der Waals surface area contributed by atoms with E-state index in [4.69, 9.17) is 10.5 Å². The Morgan fingerprint density at radius 1 is 1.42 bits per heavy atom. The summed E-state index contributed by atoms with van der Waals surface area (Å²) in [4.78, 5) is 0. The topological polar surface area (TPSA) is 35.2 Å². The fourth-order valence-corrected chi connectivity index (χ4v) is 1.19. The minimum absolute atomic E-state index is 0.0147. The Kier molecular flexibility index (Phi) is 2.27. The zero-order valence-electron chi connectivity index (χ0n) is 7.79. The standard InChI is InChI=1S/C10H15NO/c1-10(2)6-4-5-9(12-3)8(11)7-10/h4-7H,11H2,1-3H3. The summed E-state index contributed by atoms with van der Waals surface area (Å²) in [5.74, 6) is 0.733. The van der Waals surface area contributed by atoms with Crippen molar-refractivity contribution in [3.05, 3.63) is 35.8 Å². The minimum Gasteiger partial charge on any atom is -0.495 e. The van der Waals surface area contributed by atoms with Gasteiger partial charge in [0.1, 0.15) is 5.76 Å². The van der Waals surface area contributed by atoms with E-state index in [1.54, 1.807) is 7.11 Å². The number of rotatable bonds is 1. The van der Waals surface area contributed by atoms with Crippen LogP contribution in [-0.2, 0) is 4.74 Å². The molecule has 1 rings (SSSR count). The molecule has 0 aromatic carbocycles. The average Bonchev–Trinajstić information content (AvgIpc) is 2.07. The Labute approximate surface area is 73.4 Å². The summed E-state index contributed by atoms with van der Waals surface area (Å²) >= 11 is 0. The van der Waals surface area contributed by atoms with Gasteiger partial charge in [0.25, 0.3) is 0 Å². The van der Waals surface area contributed by atoms with Gasteiger partial charge in [-0.05, 0) is 12.2 Å². The molecule has 0 saturated heterocycles. The van der Waals surface area contributed by atoms with Gasteiger partial charge in [0, 0.05) is 5.41 Å². The van der Waals surface area contributed by atoms with Gasteiger partial charge in [-0.25, -0.2) is 0 Å². The van der Waals surface area contributed by atoms with E-state index in [2.05, 4.69) is 19.9 Å². The first kappa shape index (κ1) is 8.91. The van der Waals surface area contributed by atoms with E-state index in [0.29, 0.717) is 5.70 Å². The average molecular weight is 165 g/mol. The molecular weight excluding hydrogens is 150 g/mol. The highest BCUT2D eigenvalue weighted by Crippen LogP contribution is 2.24. The van der Waals surface area contributed by atoms with Crippen LogP contribution in [0.15, 0.2) is 35.8 Å². The molecule has 12 heavy (non-hydrogen) atoms. The van der Waals surface area contributed by atoms with Gasteiger partial charge in [0.2, 0.25) is 0 Å². The molecule has 2 nitrogen and oxygen atoms in total. The second kappa shape index (κ2) is 3.05. The lowest BCUT2D eigenvalue weighted by atomic mass is 9.92. The van der Waals surface area contributed by atoms with Crippen LogP contribution >= 0.6 is 0 Å². The molecule has 0 heterocycles. The maximum atomic E-state index is 5.79. The predicted octanol–water partition coefficient (Wildman–Crippen LogP) is 1.96.